The summed E-state index contributed by atoms with van der Waals surface area (Å²) in [5, 5.41) is 19.5. The van der Waals surface area contributed by atoms with Crippen LogP contribution in [0.4, 0.5) is 5.82 Å². The van der Waals surface area contributed by atoms with Crippen molar-refractivity contribution in [2.45, 2.75) is 6.54 Å². The lowest BCUT2D eigenvalue weighted by Gasteiger charge is -2.25. The van der Waals surface area contributed by atoms with E-state index in [-0.39, 0.29) is 29.7 Å². The van der Waals surface area contributed by atoms with Crippen molar-refractivity contribution in [3.05, 3.63) is 35.2 Å². The normalized spacial score (nSPS) is 14.1. The summed E-state index contributed by atoms with van der Waals surface area (Å²) in [6.45, 7) is 2.99. The van der Waals surface area contributed by atoms with Crippen LogP contribution in [0.25, 0.3) is 5.82 Å². The maximum atomic E-state index is 13.1. The van der Waals surface area contributed by atoms with Crippen molar-refractivity contribution >= 4 is 30.3 Å². The summed E-state index contributed by atoms with van der Waals surface area (Å²) >= 11 is 0. The molecule has 1 saturated heterocycles. The molecule has 0 radical (unpaired) electrons. The van der Waals surface area contributed by atoms with E-state index in [0.29, 0.717) is 55.6 Å². The van der Waals surface area contributed by atoms with Crippen LogP contribution >= 0.6 is 12.4 Å². The fourth-order valence-corrected chi connectivity index (χ4v) is 3.24. The van der Waals surface area contributed by atoms with Crippen molar-refractivity contribution in [1.82, 2.24) is 35.6 Å². The van der Waals surface area contributed by atoms with E-state index in [4.69, 9.17) is 19.9 Å². The largest absolute Gasteiger partial charge is 0.497 e. The Bertz CT molecular complexity index is 1140. The van der Waals surface area contributed by atoms with Gasteiger partial charge in [0.05, 0.1) is 33.6 Å². The molecular weight excluding hydrogens is 470 g/mol. The number of ether oxygens (including phenoxy) is 3. The zero-order valence-electron chi connectivity index (χ0n) is 18.5. The SMILES string of the molecule is COc1ccc(/C=N/NC(=O)c2c(CN3CCOCC3)nnn2-c2nonc2N)c(OC)c1.Cl. The lowest BCUT2D eigenvalue weighted by Crippen LogP contribution is -2.36. The Hall–Kier alpha value is -3.75. The van der Waals surface area contributed by atoms with Gasteiger partial charge in [-0.25, -0.2) is 10.1 Å². The number of aromatic nitrogens is 5. The van der Waals surface area contributed by atoms with Crippen LogP contribution in [0.2, 0.25) is 0 Å². The lowest BCUT2D eigenvalue weighted by molar-refractivity contribution is 0.0335. The summed E-state index contributed by atoms with van der Waals surface area (Å²) in [7, 11) is 3.09. The molecule has 4 rings (SSSR count). The number of amides is 1. The van der Waals surface area contributed by atoms with Crippen LogP contribution in [0.15, 0.2) is 27.9 Å². The third-order valence-electron chi connectivity index (χ3n) is 4.94. The van der Waals surface area contributed by atoms with Crippen LogP contribution in [0, 0.1) is 0 Å². The number of nitrogens with zero attached hydrogens (tertiary/aromatic N) is 7. The quantitative estimate of drug-likeness (QED) is 0.326. The lowest BCUT2D eigenvalue weighted by atomic mass is 10.2. The average Bonchev–Trinajstić information content (AvgIpc) is 3.45. The van der Waals surface area contributed by atoms with Gasteiger partial charge in [0.25, 0.3) is 5.91 Å². The third-order valence-corrected chi connectivity index (χ3v) is 4.94. The summed E-state index contributed by atoms with van der Waals surface area (Å²) < 4.78 is 21.7. The molecule has 1 aromatic carbocycles. The van der Waals surface area contributed by atoms with Gasteiger partial charge in [0.2, 0.25) is 11.6 Å². The molecule has 3 aromatic rings. The molecule has 1 aliphatic rings. The fraction of sp³-hybridized carbons (Fsp3) is 0.368. The van der Waals surface area contributed by atoms with Crippen LogP contribution in [-0.4, -0.2) is 82.9 Å². The van der Waals surface area contributed by atoms with Crippen LogP contribution < -0.4 is 20.6 Å². The Morgan fingerprint density at radius 3 is 2.74 bits per heavy atom. The molecular formula is C19H24ClN9O5. The molecule has 3 heterocycles. The molecule has 182 valence electrons. The number of nitrogen functional groups attached to an aromatic ring is 1. The van der Waals surface area contributed by atoms with Gasteiger partial charge in [0, 0.05) is 31.3 Å². The number of carbonyl (C=O) groups excluding carboxylic acids is 1. The van der Waals surface area contributed by atoms with E-state index in [1.54, 1.807) is 25.3 Å². The minimum Gasteiger partial charge on any atom is -0.497 e. The Kier molecular flexibility index (Phi) is 8.34. The molecule has 15 heteroatoms. The van der Waals surface area contributed by atoms with Crippen LogP contribution in [0.1, 0.15) is 21.7 Å². The number of benzene rings is 1. The Morgan fingerprint density at radius 2 is 2.06 bits per heavy atom. The minimum absolute atomic E-state index is 0. The van der Waals surface area contributed by atoms with E-state index in [1.165, 1.54) is 18.0 Å². The maximum absolute atomic E-state index is 13.1. The Balaban J connectivity index is 0.00000324. The Labute approximate surface area is 200 Å². The smallest absolute Gasteiger partial charge is 0.292 e. The van der Waals surface area contributed by atoms with E-state index >= 15 is 0 Å². The van der Waals surface area contributed by atoms with Gasteiger partial charge in [-0.2, -0.15) is 9.78 Å². The zero-order valence-corrected chi connectivity index (χ0v) is 19.3. The van der Waals surface area contributed by atoms with Gasteiger partial charge in [0.1, 0.15) is 17.2 Å². The van der Waals surface area contributed by atoms with Crippen LogP contribution in [0.3, 0.4) is 0 Å². The number of methoxy groups -OCH3 is 2. The van der Waals surface area contributed by atoms with Gasteiger partial charge in [-0.05, 0) is 22.4 Å². The number of rotatable bonds is 8. The molecule has 1 fully saturated rings. The molecule has 3 N–H and O–H groups in total. The van der Waals surface area contributed by atoms with Crippen molar-refractivity contribution in [1.29, 1.82) is 0 Å². The summed E-state index contributed by atoms with van der Waals surface area (Å²) in [6.07, 6.45) is 1.46. The van der Waals surface area contributed by atoms with Gasteiger partial charge < -0.3 is 19.9 Å². The summed E-state index contributed by atoms with van der Waals surface area (Å²) in [5.41, 5.74) is 9.47. The number of nitrogens with two attached hydrogens (primary N) is 1. The van der Waals surface area contributed by atoms with Crippen LogP contribution in [-0.2, 0) is 11.3 Å². The number of carbonyl (C=O) groups is 1. The molecule has 0 saturated carbocycles. The zero-order chi connectivity index (χ0) is 23.2. The molecule has 0 unspecified atom stereocenters. The van der Waals surface area contributed by atoms with Gasteiger partial charge in [-0.1, -0.05) is 5.21 Å². The highest BCUT2D eigenvalue weighted by atomic mass is 35.5. The molecule has 0 atom stereocenters. The average molecular weight is 494 g/mol. The summed E-state index contributed by atoms with van der Waals surface area (Å²) in [5.74, 6) is 0.637. The second-order valence-electron chi connectivity index (χ2n) is 6.97. The summed E-state index contributed by atoms with van der Waals surface area (Å²) in [4.78, 5) is 15.2. The van der Waals surface area contributed by atoms with Gasteiger partial charge in [0.15, 0.2) is 5.69 Å². The van der Waals surface area contributed by atoms with Crippen molar-refractivity contribution in [2.75, 3.05) is 46.3 Å². The fourth-order valence-electron chi connectivity index (χ4n) is 3.24. The van der Waals surface area contributed by atoms with Crippen molar-refractivity contribution in [3.63, 3.8) is 0 Å². The first kappa shape index (κ1) is 24.9. The van der Waals surface area contributed by atoms with Crippen molar-refractivity contribution in [2.24, 2.45) is 5.10 Å². The molecule has 0 bridgehead atoms. The van der Waals surface area contributed by atoms with E-state index in [1.807, 2.05) is 0 Å². The van der Waals surface area contributed by atoms with Crippen molar-refractivity contribution < 1.29 is 23.6 Å². The van der Waals surface area contributed by atoms with Crippen LogP contribution in [0.5, 0.6) is 11.5 Å². The number of hydrazone groups is 1. The third kappa shape index (κ3) is 5.41. The van der Waals surface area contributed by atoms with E-state index in [2.05, 4.69) is 40.7 Å². The van der Waals surface area contributed by atoms with E-state index in [9.17, 15) is 4.79 Å². The highest BCUT2D eigenvalue weighted by Gasteiger charge is 2.26. The maximum Gasteiger partial charge on any atom is 0.292 e. The molecule has 34 heavy (non-hydrogen) atoms. The number of anilines is 1. The van der Waals surface area contributed by atoms with E-state index in [0.717, 1.165) is 0 Å². The molecule has 14 nitrogen and oxygen atoms in total. The second-order valence-corrected chi connectivity index (χ2v) is 6.97. The van der Waals surface area contributed by atoms with Crippen molar-refractivity contribution in [3.8, 4) is 17.3 Å². The minimum atomic E-state index is -0.561. The molecule has 0 aliphatic carbocycles. The topological polar surface area (TPSA) is 168 Å². The first-order valence-corrected chi connectivity index (χ1v) is 9.99. The Morgan fingerprint density at radius 1 is 1.26 bits per heavy atom. The van der Waals surface area contributed by atoms with Gasteiger partial charge in [-0.15, -0.1) is 17.5 Å². The number of hydrogen-bond donors (Lipinski definition) is 2. The predicted octanol–water partition coefficient (Wildman–Crippen LogP) is 0.268. The highest BCUT2D eigenvalue weighted by Crippen LogP contribution is 2.23. The standard InChI is InChI=1S/C19H23N9O5.ClH/c1-30-13-4-3-12(15(9-13)31-2)10-21-23-19(29)16-14(11-27-5-7-32-8-6-27)22-26-28(16)18-17(20)24-33-25-18;/h3-4,9-10H,5-8,11H2,1-2H3,(H2,20,24)(H,23,29);1H/b21-10+;. The molecule has 1 amide bonds. The first-order chi connectivity index (χ1) is 16.1. The molecule has 2 aromatic heterocycles. The monoisotopic (exact) mass is 493 g/mol. The summed E-state index contributed by atoms with van der Waals surface area (Å²) in [6, 6.07) is 5.22. The highest BCUT2D eigenvalue weighted by molar-refractivity contribution is 5.95. The number of morpholine rings is 1. The van der Waals surface area contributed by atoms with Gasteiger partial charge in [-0.3, -0.25) is 9.69 Å². The number of hydrogen-bond acceptors (Lipinski definition) is 12. The number of halogens is 1. The first-order valence-electron chi connectivity index (χ1n) is 9.99. The molecule has 0 spiro atoms. The predicted molar refractivity (Wildman–Crippen MR) is 122 cm³/mol. The second kappa shape index (κ2) is 11.4. The van der Waals surface area contributed by atoms with Gasteiger partial charge >= 0.3 is 0 Å². The number of nitrogens with one attached hydrogen (secondary N) is 1. The van der Waals surface area contributed by atoms with E-state index < -0.39 is 5.91 Å². The molecule has 1 aliphatic heterocycles.